The number of carbonyl (C=O) groups is 2. The number of alkyl carbamates (subject to hydrolysis) is 1. The van der Waals surface area contributed by atoms with Gasteiger partial charge in [0.1, 0.15) is 17.1 Å². The third-order valence-electron chi connectivity index (χ3n) is 8.57. The van der Waals surface area contributed by atoms with Crippen LogP contribution in [0.4, 0.5) is 9.18 Å². The molecule has 10 nitrogen and oxygen atoms in total. The summed E-state index contributed by atoms with van der Waals surface area (Å²) < 4.78 is 58.9. The van der Waals surface area contributed by atoms with Crippen molar-refractivity contribution in [2.75, 3.05) is 19.8 Å². The minimum atomic E-state index is -4.13. The van der Waals surface area contributed by atoms with Crippen LogP contribution >= 0.6 is 0 Å². The first-order chi connectivity index (χ1) is 21.1. The van der Waals surface area contributed by atoms with Crippen molar-refractivity contribution in [3.05, 3.63) is 59.9 Å². The van der Waals surface area contributed by atoms with Gasteiger partial charge in [-0.25, -0.2) is 17.6 Å². The van der Waals surface area contributed by atoms with Crippen LogP contribution in [0.2, 0.25) is 0 Å². The van der Waals surface area contributed by atoms with Crippen molar-refractivity contribution in [2.24, 2.45) is 0 Å². The zero-order valence-electron chi connectivity index (χ0n) is 25.1. The molecule has 2 N–H and O–H groups in total. The Kier molecular flexibility index (Phi) is 10.4. The highest BCUT2D eigenvalue weighted by Crippen LogP contribution is 2.28. The van der Waals surface area contributed by atoms with Crippen LogP contribution < -0.4 is 15.4 Å². The predicted molar refractivity (Wildman–Crippen MR) is 161 cm³/mol. The second kappa shape index (κ2) is 14.3. The van der Waals surface area contributed by atoms with E-state index in [1.165, 1.54) is 31.0 Å². The first-order valence-electron chi connectivity index (χ1n) is 15.5. The molecular formula is C32H42FN3O7S. The lowest BCUT2D eigenvalue weighted by atomic mass is 9.91. The minimum absolute atomic E-state index is 0.0965. The van der Waals surface area contributed by atoms with Gasteiger partial charge >= 0.3 is 6.09 Å². The molecule has 2 aromatic carbocycles. The molecule has 1 aliphatic carbocycles. The average Bonchev–Trinajstić information content (AvgIpc) is 3.52. The lowest BCUT2D eigenvalue weighted by Gasteiger charge is -2.36. The summed E-state index contributed by atoms with van der Waals surface area (Å²) in [7, 11) is -4.13. The fourth-order valence-corrected chi connectivity index (χ4v) is 7.68. The maximum absolute atomic E-state index is 13.9. The van der Waals surface area contributed by atoms with E-state index in [0.29, 0.717) is 38.9 Å². The molecule has 2 heterocycles. The Morgan fingerprint density at radius 3 is 2.41 bits per heavy atom. The highest BCUT2D eigenvalue weighted by Gasteiger charge is 2.40. The number of piperidine rings is 1. The van der Waals surface area contributed by atoms with Crippen LogP contribution in [0.1, 0.15) is 70.3 Å². The Labute approximate surface area is 258 Å². The minimum Gasteiger partial charge on any atom is -0.490 e. The normalized spacial score (nSPS) is 21.7. The number of halogens is 1. The van der Waals surface area contributed by atoms with Crippen molar-refractivity contribution in [3.8, 4) is 5.75 Å². The van der Waals surface area contributed by atoms with Crippen molar-refractivity contribution in [3.63, 3.8) is 0 Å². The van der Waals surface area contributed by atoms with Crippen LogP contribution in [0, 0.1) is 5.82 Å². The van der Waals surface area contributed by atoms with Gasteiger partial charge in [-0.05, 0) is 101 Å². The standard InChI is InChI=1S/C32H42FN3O7S/c1-32(30(37)34-25-16-19-41-20-17-25,22-23-12-14-27(15-13-23)42-26-8-2-3-9-26)35-31(38)43-29-11-4-5-18-36(29)44(39,40)28-10-6-7-24(33)21-28/h6-7,10,12-15,21,25-26,29H,2-5,8-9,11,16-20,22H2,1H3,(H,34,37)(H,35,38)/t29-,32-/m0/s1. The van der Waals surface area contributed by atoms with Gasteiger partial charge < -0.3 is 24.8 Å². The van der Waals surface area contributed by atoms with Gasteiger partial charge in [-0.3, -0.25) is 4.79 Å². The number of nitrogens with zero attached hydrogens (tertiary/aromatic N) is 1. The Hall–Kier alpha value is -3.22. The predicted octanol–water partition coefficient (Wildman–Crippen LogP) is 4.67. The van der Waals surface area contributed by atoms with Gasteiger partial charge in [0.05, 0.1) is 11.0 Å². The number of ether oxygens (including phenoxy) is 3. The summed E-state index contributed by atoms with van der Waals surface area (Å²) in [6, 6.07) is 12.2. The average molecular weight is 632 g/mol. The maximum atomic E-state index is 13.9. The molecule has 0 bridgehead atoms. The van der Waals surface area contributed by atoms with E-state index >= 15 is 0 Å². The summed E-state index contributed by atoms with van der Waals surface area (Å²) in [4.78, 5) is 26.9. The fraction of sp³-hybridized carbons (Fsp3) is 0.562. The molecule has 2 aliphatic heterocycles. The lowest BCUT2D eigenvalue weighted by molar-refractivity contribution is -0.128. The zero-order valence-corrected chi connectivity index (χ0v) is 26.0. The van der Waals surface area contributed by atoms with Gasteiger partial charge in [0, 0.05) is 32.2 Å². The molecule has 240 valence electrons. The van der Waals surface area contributed by atoms with Crippen LogP contribution in [0.25, 0.3) is 0 Å². The Bertz CT molecular complexity index is 1390. The van der Waals surface area contributed by atoms with E-state index in [4.69, 9.17) is 14.2 Å². The van der Waals surface area contributed by atoms with Crippen molar-refractivity contribution in [2.45, 2.75) is 99.9 Å². The number of hydrogen-bond acceptors (Lipinski definition) is 7. The molecule has 44 heavy (non-hydrogen) atoms. The van der Waals surface area contributed by atoms with Gasteiger partial charge in [0.25, 0.3) is 0 Å². The van der Waals surface area contributed by atoms with Crippen molar-refractivity contribution in [1.82, 2.24) is 14.9 Å². The van der Waals surface area contributed by atoms with Gasteiger partial charge in [0.2, 0.25) is 15.9 Å². The molecule has 0 aromatic heterocycles. The molecule has 2 atom stereocenters. The fourth-order valence-electron chi connectivity index (χ4n) is 6.07. The third kappa shape index (κ3) is 8.08. The second-order valence-corrected chi connectivity index (χ2v) is 14.0. The third-order valence-corrected chi connectivity index (χ3v) is 10.5. The maximum Gasteiger partial charge on any atom is 0.409 e. The molecule has 0 unspecified atom stereocenters. The Morgan fingerprint density at radius 1 is 1.00 bits per heavy atom. The highest BCUT2D eigenvalue weighted by atomic mass is 32.2. The van der Waals surface area contributed by atoms with Crippen molar-refractivity contribution in [1.29, 1.82) is 0 Å². The van der Waals surface area contributed by atoms with Gasteiger partial charge in [0.15, 0.2) is 6.23 Å². The van der Waals surface area contributed by atoms with E-state index in [-0.39, 0.29) is 42.3 Å². The summed E-state index contributed by atoms with van der Waals surface area (Å²) in [6.07, 6.45) is 5.59. The highest BCUT2D eigenvalue weighted by molar-refractivity contribution is 7.89. The quantitative estimate of drug-likeness (QED) is 0.391. The molecule has 1 saturated carbocycles. The summed E-state index contributed by atoms with van der Waals surface area (Å²) in [5.41, 5.74) is -0.605. The van der Waals surface area contributed by atoms with E-state index in [9.17, 15) is 22.4 Å². The first kappa shape index (κ1) is 32.2. The summed E-state index contributed by atoms with van der Waals surface area (Å²) in [6.45, 7) is 2.83. The number of carbonyl (C=O) groups excluding carboxylic acids is 2. The SMILES string of the molecule is C[C@@](Cc1ccc(OC2CCCC2)cc1)(NC(=O)O[C@H]1CCCCN1S(=O)(=O)c1cccc(F)c1)C(=O)NC1CCOCC1. The summed E-state index contributed by atoms with van der Waals surface area (Å²) in [5.74, 6) is -0.290. The molecule has 3 fully saturated rings. The van der Waals surface area contributed by atoms with Crippen LogP contribution in [0.15, 0.2) is 53.4 Å². The number of rotatable bonds is 10. The summed E-state index contributed by atoms with van der Waals surface area (Å²) >= 11 is 0. The van der Waals surface area contributed by atoms with E-state index in [0.717, 1.165) is 34.5 Å². The van der Waals surface area contributed by atoms with Crippen LogP contribution in [-0.2, 0) is 30.7 Å². The number of benzene rings is 2. The number of hydrogen-bond donors (Lipinski definition) is 2. The number of amides is 2. The largest absolute Gasteiger partial charge is 0.490 e. The molecular weight excluding hydrogens is 589 g/mol. The number of sulfonamides is 1. The van der Waals surface area contributed by atoms with Gasteiger partial charge in [-0.1, -0.05) is 18.2 Å². The van der Waals surface area contributed by atoms with Crippen LogP contribution in [0.5, 0.6) is 5.75 Å². The second-order valence-electron chi connectivity index (χ2n) is 12.1. The van der Waals surface area contributed by atoms with Crippen LogP contribution in [-0.4, -0.2) is 68.4 Å². The molecule has 2 amide bonds. The number of nitrogens with one attached hydrogen (secondary N) is 2. The molecule has 0 spiro atoms. The smallest absolute Gasteiger partial charge is 0.409 e. The van der Waals surface area contributed by atoms with E-state index in [1.807, 2.05) is 24.3 Å². The molecule has 12 heteroatoms. The molecule has 3 aliphatic rings. The molecule has 2 saturated heterocycles. The lowest BCUT2D eigenvalue weighted by Crippen LogP contribution is -2.61. The Morgan fingerprint density at radius 2 is 1.70 bits per heavy atom. The zero-order chi connectivity index (χ0) is 31.2. The topological polar surface area (TPSA) is 123 Å². The van der Waals surface area contributed by atoms with Crippen molar-refractivity contribution >= 4 is 22.0 Å². The molecule has 0 radical (unpaired) electrons. The monoisotopic (exact) mass is 631 g/mol. The van der Waals surface area contributed by atoms with Crippen LogP contribution in [0.3, 0.4) is 0 Å². The van der Waals surface area contributed by atoms with E-state index in [2.05, 4.69) is 10.6 Å². The molecule has 5 rings (SSSR count). The molecule has 2 aromatic rings. The van der Waals surface area contributed by atoms with Crippen molar-refractivity contribution < 1.29 is 36.6 Å². The van der Waals surface area contributed by atoms with E-state index < -0.39 is 33.7 Å². The summed E-state index contributed by atoms with van der Waals surface area (Å²) in [5, 5.41) is 5.81. The first-order valence-corrected chi connectivity index (χ1v) is 17.0. The van der Waals surface area contributed by atoms with Gasteiger partial charge in [-0.15, -0.1) is 0 Å². The van der Waals surface area contributed by atoms with Gasteiger partial charge in [-0.2, -0.15) is 4.31 Å². The van der Waals surface area contributed by atoms with E-state index in [1.54, 1.807) is 6.92 Å². The Balaban J connectivity index is 1.31.